The summed E-state index contributed by atoms with van der Waals surface area (Å²) in [6.45, 7) is 2.18. The van der Waals surface area contributed by atoms with Crippen LogP contribution in [0.2, 0.25) is 0 Å². The van der Waals surface area contributed by atoms with Crippen molar-refractivity contribution in [3.05, 3.63) is 20.8 Å². The number of aliphatic hydroxyl groups is 1. The lowest BCUT2D eigenvalue weighted by atomic mass is 10.3. The van der Waals surface area contributed by atoms with Crippen molar-refractivity contribution >= 4 is 33.2 Å². The second-order valence-corrected chi connectivity index (χ2v) is 5.34. The van der Waals surface area contributed by atoms with E-state index in [2.05, 4.69) is 21.2 Å². The summed E-state index contributed by atoms with van der Waals surface area (Å²) in [4.78, 5) is 12.1. The molecule has 14 heavy (non-hydrogen) atoms. The summed E-state index contributed by atoms with van der Waals surface area (Å²) in [6.07, 6.45) is 0.191. The predicted octanol–water partition coefficient (Wildman–Crippen LogP) is 2.01. The highest BCUT2D eigenvalue weighted by atomic mass is 79.9. The Labute approximate surface area is 95.3 Å². The molecular weight excluding hydrogens is 266 g/mol. The molecule has 0 bridgehead atoms. The van der Waals surface area contributed by atoms with E-state index in [1.165, 1.54) is 11.3 Å². The van der Waals surface area contributed by atoms with Crippen molar-refractivity contribution in [1.82, 2.24) is 5.32 Å². The van der Waals surface area contributed by atoms with Crippen LogP contribution < -0.4 is 5.32 Å². The van der Waals surface area contributed by atoms with Gasteiger partial charge in [-0.3, -0.25) is 4.79 Å². The van der Waals surface area contributed by atoms with Crippen LogP contribution in [0.15, 0.2) is 15.9 Å². The van der Waals surface area contributed by atoms with Crippen molar-refractivity contribution in [2.45, 2.75) is 19.4 Å². The molecule has 1 atom stereocenters. The standard InChI is InChI=1S/C9H12BrNO2S/c1-2-6(12)5-11-9(13)7-3-4-8(10)14-7/h3-4,6,12H,2,5H2,1H3,(H,11,13). The molecule has 0 aliphatic heterocycles. The van der Waals surface area contributed by atoms with Gasteiger partial charge in [0.2, 0.25) is 0 Å². The van der Waals surface area contributed by atoms with E-state index in [1.807, 2.05) is 13.0 Å². The zero-order valence-electron chi connectivity index (χ0n) is 7.79. The van der Waals surface area contributed by atoms with Gasteiger partial charge in [-0.15, -0.1) is 11.3 Å². The van der Waals surface area contributed by atoms with E-state index in [1.54, 1.807) is 6.07 Å². The van der Waals surface area contributed by atoms with E-state index in [4.69, 9.17) is 0 Å². The third-order valence-corrected chi connectivity index (χ3v) is 3.39. The number of aliphatic hydroxyl groups excluding tert-OH is 1. The normalized spacial score (nSPS) is 12.5. The fourth-order valence-corrected chi connectivity index (χ4v) is 2.18. The molecule has 0 spiro atoms. The maximum absolute atomic E-state index is 11.4. The van der Waals surface area contributed by atoms with Gasteiger partial charge in [-0.2, -0.15) is 0 Å². The molecule has 3 nitrogen and oxygen atoms in total. The maximum Gasteiger partial charge on any atom is 0.261 e. The average Bonchev–Trinajstić information content (AvgIpc) is 2.60. The Hall–Kier alpha value is -0.390. The molecule has 1 unspecified atom stereocenters. The molecule has 0 saturated carbocycles. The predicted molar refractivity (Wildman–Crippen MR) is 60.7 cm³/mol. The molecule has 0 aromatic carbocycles. The van der Waals surface area contributed by atoms with Crippen LogP contribution in [-0.4, -0.2) is 23.7 Å². The molecule has 78 valence electrons. The summed E-state index contributed by atoms with van der Waals surface area (Å²) in [5.74, 6) is -0.131. The lowest BCUT2D eigenvalue weighted by Crippen LogP contribution is -2.31. The molecule has 0 aliphatic carbocycles. The molecule has 1 amide bonds. The number of amides is 1. The van der Waals surface area contributed by atoms with Gasteiger partial charge in [0.05, 0.1) is 14.8 Å². The monoisotopic (exact) mass is 277 g/mol. The van der Waals surface area contributed by atoms with Gasteiger partial charge < -0.3 is 10.4 Å². The maximum atomic E-state index is 11.4. The fraction of sp³-hybridized carbons (Fsp3) is 0.444. The number of rotatable bonds is 4. The van der Waals surface area contributed by atoms with Crippen LogP contribution >= 0.6 is 27.3 Å². The minimum absolute atomic E-state index is 0.131. The Morgan fingerprint density at radius 2 is 2.43 bits per heavy atom. The lowest BCUT2D eigenvalue weighted by Gasteiger charge is -2.07. The highest BCUT2D eigenvalue weighted by Gasteiger charge is 2.09. The number of nitrogens with one attached hydrogen (secondary N) is 1. The molecule has 0 radical (unpaired) electrons. The topological polar surface area (TPSA) is 49.3 Å². The zero-order chi connectivity index (χ0) is 10.6. The molecule has 5 heteroatoms. The second-order valence-electron chi connectivity index (χ2n) is 2.88. The van der Waals surface area contributed by atoms with E-state index in [0.717, 1.165) is 3.79 Å². The van der Waals surface area contributed by atoms with Crippen LogP contribution in [-0.2, 0) is 0 Å². The zero-order valence-corrected chi connectivity index (χ0v) is 10.2. The number of hydrogen-bond donors (Lipinski definition) is 2. The largest absolute Gasteiger partial charge is 0.391 e. The van der Waals surface area contributed by atoms with Crippen molar-refractivity contribution < 1.29 is 9.90 Å². The van der Waals surface area contributed by atoms with Crippen LogP contribution in [0.5, 0.6) is 0 Å². The van der Waals surface area contributed by atoms with Gasteiger partial charge in [0, 0.05) is 6.54 Å². The van der Waals surface area contributed by atoms with E-state index in [0.29, 0.717) is 17.8 Å². The first kappa shape index (κ1) is 11.7. The summed E-state index contributed by atoms with van der Waals surface area (Å²) in [7, 11) is 0. The van der Waals surface area contributed by atoms with E-state index >= 15 is 0 Å². The van der Waals surface area contributed by atoms with E-state index in [-0.39, 0.29) is 5.91 Å². The molecule has 1 heterocycles. The fourth-order valence-electron chi connectivity index (χ4n) is 0.878. The number of carbonyl (C=O) groups excluding carboxylic acids is 1. The summed E-state index contributed by atoms with van der Waals surface area (Å²) in [5.41, 5.74) is 0. The SMILES string of the molecule is CCC(O)CNC(=O)c1ccc(Br)s1. The van der Waals surface area contributed by atoms with Gasteiger partial charge >= 0.3 is 0 Å². The smallest absolute Gasteiger partial charge is 0.261 e. The third-order valence-electron chi connectivity index (χ3n) is 1.77. The molecule has 1 aromatic rings. The van der Waals surface area contributed by atoms with Gasteiger partial charge in [-0.05, 0) is 34.5 Å². The quantitative estimate of drug-likeness (QED) is 0.885. The first-order valence-corrected chi connectivity index (χ1v) is 5.96. The molecule has 1 aromatic heterocycles. The molecule has 0 saturated heterocycles. The Morgan fingerprint density at radius 1 is 1.71 bits per heavy atom. The summed E-state index contributed by atoms with van der Waals surface area (Å²) >= 11 is 4.66. The van der Waals surface area contributed by atoms with Crippen LogP contribution in [0, 0.1) is 0 Å². The Bertz CT molecular complexity index is 314. The summed E-state index contributed by atoms with van der Waals surface area (Å²) < 4.78 is 0.929. The van der Waals surface area contributed by atoms with Crippen LogP contribution in [0.1, 0.15) is 23.0 Å². The van der Waals surface area contributed by atoms with Gasteiger partial charge in [-0.25, -0.2) is 0 Å². The van der Waals surface area contributed by atoms with Gasteiger partial charge in [0.15, 0.2) is 0 Å². The van der Waals surface area contributed by atoms with Crippen LogP contribution in [0.3, 0.4) is 0 Å². The second kappa shape index (κ2) is 5.48. The van der Waals surface area contributed by atoms with Crippen molar-refractivity contribution in [3.8, 4) is 0 Å². The third kappa shape index (κ3) is 3.40. The van der Waals surface area contributed by atoms with E-state index in [9.17, 15) is 9.90 Å². The highest BCUT2D eigenvalue weighted by molar-refractivity contribution is 9.11. The number of carbonyl (C=O) groups is 1. The molecule has 0 fully saturated rings. The van der Waals surface area contributed by atoms with Crippen molar-refractivity contribution in [1.29, 1.82) is 0 Å². The highest BCUT2D eigenvalue weighted by Crippen LogP contribution is 2.21. The minimum atomic E-state index is -0.456. The Balaban J connectivity index is 2.43. The number of thiophene rings is 1. The first-order chi connectivity index (χ1) is 6.63. The molecular formula is C9H12BrNO2S. The van der Waals surface area contributed by atoms with Gasteiger partial charge in [0.25, 0.3) is 5.91 Å². The van der Waals surface area contributed by atoms with Crippen molar-refractivity contribution in [3.63, 3.8) is 0 Å². The average molecular weight is 278 g/mol. The minimum Gasteiger partial charge on any atom is -0.391 e. The van der Waals surface area contributed by atoms with Crippen LogP contribution in [0.25, 0.3) is 0 Å². The molecule has 2 N–H and O–H groups in total. The first-order valence-electron chi connectivity index (χ1n) is 4.35. The molecule has 0 aliphatic rings. The number of halogens is 1. The van der Waals surface area contributed by atoms with Crippen molar-refractivity contribution in [2.24, 2.45) is 0 Å². The number of hydrogen-bond acceptors (Lipinski definition) is 3. The van der Waals surface area contributed by atoms with Crippen LogP contribution in [0.4, 0.5) is 0 Å². The Kier molecular flexibility index (Phi) is 4.57. The van der Waals surface area contributed by atoms with Gasteiger partial charge in [-0.1, -0.05) is 6.92 Å². The van der Waals surface area contributed by atoms with Gasteiger partial charge in [0.1, 0.15) is 0 Å². The molecule has 1 rings (SSSR count). The lowest BCUT2D eigenvalue weighted by molar-refractivity contribution is 0.0918. The summed E-state index contributed by atoms with van der Waals surface area (Å²) in [6, 6.07) is 3.58. The Morgan fingerprint density at radius 3 is 2.93 bits per heavy atom. The van der Waals surface area contributed by atoms with E-state index < -0.39 is 6.10 Å². The van der Waals surface area contributed by atoms with Crippen molar-refractivity contribution in [2.75, 3.05) is 6.54 Å². The summed E-state index contributed by atoms with van der Waals surface area (Å²) in [5, 5.41) is 11.9.